The molecule has 1 N–H and O–H groups in total. The third kappa shape index (κ3) is 2.27. The molecular formula is C10H11IN4O. The molecule has 0 spiro atoms. The van der Waals surface area contributed by atoms with Gasteiger partial charge >= 0.3 is 6.01 Å². The Labute approximate surface area is 106 Å². The Morgan fingerprint density at radius 1 is 1.56 bits per heavy atom. The normalized spacial score (nSPS) is 15.6. The zero-order chi connectivity index (χ0) is 11.0. The average molecular weight is 330 g/mol. The summed E-state index contributed by atoms with van der Waals surface area (Å²) < 4.78 is 8.07. The average Bonchev–Trinajstić information content (AvgIpc) is 2.81. The fourth-order valence-corrected chi connectivity index (χ4v) is 1.81. The molecule has 1 aliphatic rings. The predicted octanol–water partition coefficient (Wildman–Crippen LogP) is 1.72. The van der Waals surface area contributed by atoms with Crippen LogP contribution in [0.5, 0.6) is 0 Å². The van der Waals surface area contributed by atoms with Crippen molar-refractivity contribution in [1.29, 1.82) is 0 Å². The van der Waals surface area contributed by atoms with Gasteiger partial charge < -0.3 is 9.73 Å². The van der Waals surface area contributed by atoms with Crippen molar-refractivity contribution in [3.05, 3.63) is 27.9 Å². The molecule has 6 heteroatoms. The van der Waals surface area contributed by atoms with E-state index in [0.717, 1.165) is 15.8 Å². The summed E-state index contributed by atoms with van der Waals surface area (Å²) in [7, 11) is 0. The maximum atomic E-state index is 5.36. The van der Waals surface area contributed by atoms with Gasteiger partial charge in [0.1, 0.15) is 6.26 Å². The SMILES string of the molecule is Ic1cnn(-c2nc(CNC3CC3)co2)c1. The van der Waals surface area contributed by atoms with Gasteiger partial charge in [-0.1, -0.05) is 0 Å². The zero-order valence-corrected chi connectivity index (χ0v) is 10.7. The molecule has 0 radical (unpaired) electrons. The molecule has 0 atom stereocenters. The van der Waals surface area contributed by atoms with E-state index in [1.807, 2.05) is 6.20 Å². The highest BCUT2D eigenvalue weighted by Gasteiger charge is 2.20. The number of oxazole rings is 1. The van der Waals surface area contributed by atoms with Crippen LogP contribution in [0.1, 0.15) is 18.5 Å². The van der Waals surface area contributed by atoms with Crippen LogP contribution in [-0.4, -0.2) is 20.8 Å². The van der Waals surface area contributed by atoms with E-state index >= 15 is 0 Å². The van der Waals surface area contributed by atoms with Gasteiger partial charge in [-0.25, -0.2) is 0 Å². The lowest BCUT2D eigenvalue weighted by Crippen LogP contribution is -2.15. The first-order valence-electron chi connectivity index (χ1n) is 5.19. The van der Waals surface area contributed by atoms with Gasteiger partial charge in [0, 0.05) is 18.8 Å². The summed E-state index contributed by atoms with van der Waals surface area (Å²) in [6, 6.07) is 1.21. The fourth-order valence-electron chi connectivity index (χ4n) is 1.42. The fraction of sp³-hybridized carbons (Fsp3) is 0.400. The van der Waals surface area contributed by atoms with Gasteiger partial charge in [-0.05, 0) is 35.4 Å². The molecule has 0 bridgehead atoms. The van der Waals surface area contributed by atoms with E-state index in [2.05, 4.69) is 38.0 Å². The molecule has 0 aromatic carbocycles. The quantitative estimate of drug-likeness (QED) is 0.868. The minimum absolute atomic E-state index is 0.524. The monoisotopic (exact) mass is 330 g/mol. The van der Waals surface area contributed by atoms with E-state index < -0.39 is 0 Å². The summed E-state index contributed by atoms with van der Waals surface area (Å²) in [4.78, 5) is 4.36. The molecule has 0 aliphatic heterocycles. The molecular weight excluding hydrogens is 319 g/mol. The number of nitrogens with one attached hydrogen (secondary N) is 1. The summed E-state index contributed by atoms with van der Waals surface area (Å²) in [5.74, 6) is 0. The number of hydrogen-bond acceptors (Lipinski definition) is 4. The Hall–Kier alpha value is -0.890. The smallest absolute Gasteiger partial charge is 0.322 e. The molecule has 2 aromatic rings. The lowest BCUT2D eigenvalue weighted by Gasteiger charge is -1.96. The lowest BCUT2D eigenvalue weighted by atomic mass is 10.5. The first-order chi connectivity index (χ1) is 7.81. The summed E-state index contributed by atoms with van der Waals surface area (Å²) in [5, 5.41) is 7.53. The highest BCUT2D eigenvalue weighted by molar-refractivity contribution is 14.1. The Morgan fingerprint density at radius 3 is 3.12 bits per heavy atom. The van der Waals surface area contributed by atoms with Crippen LogP contribution in [0, 0.1) is 3.57 Å². The molecule has 1 fully saturated rings. The van der Waals surface area contributed by atoms with Crippen LogP contribution >= 0.6 is 22.6 Å². The van der Waals surface area contributed by atoms with Crippen molar-refractivity contribution in [2.24, 2.45) is 0 Å². The van der Waals surface area contributed by atoms with E-state index in [9.17, 15) is 0 Å². The Bertz CT molecular complexity index is 488. The van der Waals surface area contributed by atoms with E-state index in [1.54, 1.807) is 17.1 Å². The van der Waals surface area contributed by atoms with Crippen LogP contribution in [0.15, 0.2) is 23.1 Å². The molecule has 0 amide bonds. The molecule has 1 saturated carbocycles. The summed E-state index contributed by atoms with van der Waals surface area (Å²) in [6.45, 7) is 0.770. The maximum absolute atomic E-state index is 5.36. The molecule has 1 aliphatic carbocycles. The van der Waals surface area contributed by atoms with Gasteiger partial charge in [0.15, 0.2) is 0 Å². The zero-order valence-electron chi connectivity index (χ0n) is 8.56. The minimum Gasteiger partial charge on any atom is -0.430 e. The lowest BCUT2D eigenvalue weighted by molar-refractivity contribution is 0.509. The standard InChI is InChI=1S/C10H11IN4O/c11-7-3-13-15(5-7)10-14-9(6-16-10)4-12-8-1-2-8/h3,5-6,8,12H,1-2,4H2. The second-order valence-electron chi connectivity index (χ2n) is 3.88. The number of aromatic nitrogens is 3. The number of halogens is 1. The number of nitrogens with zero attached hydrogens (tertiary/aromatic N) is 3. The van der Waals surface area contributed by atoms with E-state index in [0.29, 0.717) is 12.1 Å². The Kier molecular flexibility index (Phi) is 2.68. The highest BCUT2D eigenvalue weighted by Crippen LogP contribution is 2.19. The van der Waals surface area contributed by atoms with Crippen molar-refractivity contribution in [3.63, 3.8) is 0 Å². The Balaban J connectivity index is 1.71. The van der Waals surface area contributed by atoms with Gasteiger partial charge in [0.2, 0.25) is 0 Å². The number of hydrogen-bond donors (Lipinski definition) is 1. The Morgan fingerprint density at radius 2 is 2.44 bits per heavy atom. The van der Waals surface area contributed by atoms with Crippen LogP contribution in [0.25, 0.3) is 6.01 Å². The topological polar surface area (TPSA) is 55.9 Å². The van der Waals surface area contributed by atoms with Crippen LogP contribution in [-0.2, 0) is 6.54 Å². The second-order valence-corrected chi connectivity index (χ2v) is 5.13. The van der Waals surface area contributed by atoms with Gasteiger partial charge in [0.25, 0.3) is 0 Å². The van der Waals surface area contributed by atoms with E-state index in [4.69, 9.17) is 4.42 Å². The van der Waals surface area contributed by atoms with Crippen molar-refractivity contribution in [2.75, 3.05) is 0 Å². The van der Waals surface area contributed by atoms with E-state index in [1.165, 1.54) is 12.8 Å². The van der Waals surface area contributed by atoms with Crippen LogP contribution in [0.3, 0.4) is 0 Å². The molecule has 0 unspecified atom stereocenters. The van der Waals surface area contributed by atoms with Crippen LogP contribution < -0.4 is 5.32 Å². The summed E-state index contributed by atoms with van der Waals surface area (Å²) in [5.41, 5.74) is 0.924. The predicted molar refractivity (Wildman–Crippen MR) is 66.2 cm³/mol. The third-order valence-electron chi connectivity index (χ3n) is 2.44. The molecule has 3 rings (SSSR count). The van der Waals surface area contributed by atoms with Crippen molar-refractivity contribution in [3.8, 4) is 6.01 Å². The van der Waals surface area contributed by atoms with Gasteiger partial charge in [-0.3, -0.25) is 0 Å². The summed E-state index contributed by atoms with van der Waals surface area (Å²) >= 11 is 2.20. The van der Waals surface area contributed by atoms with Crippen molar-refractivity contribution in [1.82, 2.24) is 20.1 Å². The van der Waals surface area contributed by atoms with Gasteiger partial charge in [-0.2, -0.15) is 14.8 Å². The highest BCUT2D eigenvalue weighted by atomic mass is 127. The maximum Gasteiger partial charge on any atom is 0.322 e. The summed E-state index contributed by atoms with van der Waals surface area (Å²) in [6.07, 6.45) is 7.89. The first-order valence-corrected chi connectivity index (χ1v) is 6.27. The minimum atomic E-state index is 0.524. The van der Waals surface area contributed by atoms with Crippen molar-refractivity contribution in [2.45, 2.75) is 25.4 Å². The van der Waals surface area contributed by atoms with Gasteiger partial charge in [0.05, 0.1) is 15.5 Å². The van der Waals surface area contributed by atoms with Crippen molar-refractivity contribution < 1.29 is 4.42 Å². The van der Waals surface area contributed by atoms with Crippen LogP contribution in [0.4, 0.5) is 0 Å². The molecule has 5 nitrogen and oxygen atoms in total. The van der Waals surface area contributed by atoms with Crippen LogP contribution in [0.2, 0.25) is 0 Å². The molecule has 16 heavy (non-hydrogen) atoms. The van der Waals surface area contributed by atoms with Crippen molar-refractivity contribution >= 4 is 22.6 Å². The van der Waals surface area contributed by atoms with E-state index in [-0.39, 0.29) is 0 Å². The molecule has 2 heterocycles. The number of rotatable bonds is 4. The molecule has 2 aromatic heterocycles. The first kappa shape index (κ1) is 10.3. The second kappa shape index (κ2) is 4.17. The molecule has 0 saturated heterocycles. The molecule has 84 valence electrons. The third-order valence-corrected chi connectivity index (χ3v) is 2.99. The van der Waals surface area contributed by atoms with Gasteiger partial charge in [-0.15, -0.1) is 0 Å². The largest absolute Gasteiger partial charge is 0.430 e.